The van der Waals surface area contributed by atoms with Gasteiger partial charge in [0, 0.05) is 10.8 Å². The van der Waals surface area contributed by atoms with E-state index in [0.29, 0.717) is 24.0 Å². The summed E-state index contributed by atoms with van der Waals surface area (Å²) in [5, 5.41) is 3.85. The van der Waals surface area contributed by atoms with Crippen LogP contribution in [0.2, 0.25) is 0 Å². The monoisotopic (exact) mass is 361 g/mol. The van der Waals surface area contributed by atoms with Gasteiger partial charge in [-0.05, 0) is 68.8 Å². The zero-order chi connectivity index (χ0) is 17.6. The number of thiophene rings is 1. The van der Waals surface area contributed by atoms with Crippen LogP contribution in [0.1, 0.15) is 66.8 Å². The van der Waals surface area contributed by atoms with Crippen molar-refractivity contribution in [3.8, 4) is 0 Å². The lowest BCUT2D eigenvalue weighted by molar-refractivity contribution is -0.121. The summed E-state index contributed by atoms with van der Waals surface area (Å²) >= 11 is 1.59. The van der Waals surface area contributed by atoms with E-state index in [2.05, 4.69) is 12.2 Å². The lowest BCUT2D eigenvalue weighted by Crippen LogP contribution is -2.27. The SMILES string of the molecule is CCOC(=O)c1c(NC(=O)[C@@H]2C[C@H]3CC[C@H]2C3)sc2c1CC[C@H](C)C2. The Morgan fingerprint density at radius 1 is 1.24 bits per heavy atom. The quantitative estimate of drug-likeness (QED) is 0.808. The van der Waals surface area contributed by atoms with Gasteiger partial charge in [0.2, 0.25) is 5.91 Å². The second-order valence-corrected chi connectivity index (χ2v) is 9.15. The third-order valence-electron chi connectivity index (χ3n) is 6.30. The summed E-state index contributed by atoms with van der Waals surface area (Å²) in [7, 11) is 0. The first-order chi connectivity index (χ1) is 12.1. The van der Waals surface area contributed by atoms with Gasteiger partial charge in [-0.2, -0.15) is 0 Å². The highest BCUT2D eigenvalue weighted by Crippen LogP contribution is 2.49. The molecule has 2 bridgehead atoms. The van der Waals surface area contributed by atoms with Crippen molar-refractivity contribution >= 4 is 28.2 Å². The van der Waals surface area contributed by atoms with Crippen molar-refractivity contribution in [1.29, 1.82) is 0 Å². The number of amides is 1. The van der Waals surface area contributed by atoms with Crippen molar-refractivity contribution in [3.63, 3.8) is 0 Å². The molecule has 3 aliphatic carbocycles. The first-order valence-corrected chi connectivity index (χ1v) is 10.5. The summed E-state index contributed by atoms with van der Waals surface area (Å²) < 4.78 is 5.29. The maximum absolute atomic E-state index is 12.9. The van der Waals surface area contributed by atoms with Gasteiger partial charge < -0.3 is 10.1 Å². The van der Waals surface area contributed by atoms with E-state index in [1.807, 2.05) is 6.92 Å². The van der Waals surface area contributed by atoms with Gasteiger partial charge in [-0.25, -0.2) is 4.79 Å². The largest absolute Gasteiger partial charge is 0.462 e. The van der Waals surface area contributed by atoms with Gasteiger partial charge in [0.05, 0.1) is 12.2 Å². The molecule has 0 saturated heterocycles. The van der Waals surface area contributed by atoms with Crippen LogP contribution >= 0.6 is 11.3 Å². The molecule has 2 saturated carbocycles. The summed E-state index contributed by atoms with van der Waals surface area (Å²) in [5.41, 5.74) is 1.75. The van der Waals surface area contributed by atoms with Crippen LogP contribution in [0.5, 0.6) is 0 Å². The molecule has 4 rings (SSSR count). The highest BCUT2D eigenvalue weighted by atomic mass is 32.1. The Bertz CT molecular complexity index is 695. The van der Waals surface area contributed by atoms with Gasteiger partial charge in [0.15, 0.2) is 0 Å². The van der Waals surface area contributed by atoms with Crippen LogP contribution in [-0.4, -0.2) is 18.5 Å². The molecule has 25 heavy (non-hydrogen) atoms. The third-order valence-corrected chi connectivity index (χ3v) is 7.47. The van der Waals surface area contributed by atoms with Gasteiger partial charge in [0.1, 0.15) is 5.00 Å². The average molecular weight is 362 g/mol. The number of hydrogen-bond acceptors (Lipinski definition) is 4. The molecule has 5 heteroatoms. The molecule has 0 spiro atoms. The maximum Gasteiger partial charge on any atom is 0.341 e. The maximum atomic E-state index is 12.9. The zero-order valence-electron chi connectivity index (χ0n) is 15.1. The van der Waals surface area contributed by atoms with Gasteiger partial charge in [-0.1, -0.05) is 13.3 Å². The Morgan fingerprint density at radius 2 is 2.08 bits per heavy atom. The summed E-state index contributed by atoms with van der Waals surface area (Å²) in [6.07, 6.45) is 7.70. The van der Waals surface area contributed by atoms with E-state index >= 15 is 0 Å². The summed E-state index contributed by atoms with van der Waals surface area (Å²) in [6.45, 7) is 4.44. The molecule has 0 aliphatic heterocycles. The Balaban J connectivity index is 1.59. The smallest absolute Gasteiger partial charge is 0.341 e. The van der Waals surface area contributed by atoms with Crippen LogP contribution in [0, 0.1) is 23.7 Å². The molecule has 0 radical (unpaired) electrons. The van der Waals surface area contributed by atoms with Crippen LogP contribution in [0.4, 0.5) is 5.00 Å². The van der Waals surface area contributed by atoms with Crippen LogP contribution in [0.3, 0.4) is 0 Å². The fourth-order valence-corrected chi connectivity index (χ4v) is 6.43. The Labute approximate surface area is 153 Å². The van der Waals surface area contributed by atoms with E-state index in [1.165, 1.54) is 24.1 Å². The molecule has 0 aromatic carbocycles. The number of nitrogens with one attached hydrogen (secondary N) is 1. The second-order valence-electron chi connectivity index (χ2n) is 8.05. The van der Waals surface area contributed by atoms with E-state index in [9.17, 15) is 9.59 Å². The molecule has 2 fully saturated rings. The summed E-state index contributed by atoms with van der Waals surface area (Å²) in [6, 6.07) is 0. The van der Waals surface area contributed by atoms with Crippen molar-refractivity contribution in [2.75, 3.05) is 11.9 Å². The predicted octanol–water partition coefficient (Wildman–Crippen LogP) is 4.42. The average Bonchev–Trinajstić information content (AvgIpc) is 3.27. The molecule has 1 N–H and O–H groups in total. The lowest BCUT2D eigenvalue weighted by Gasteiger charge is -2.20. The fraction of sp³-hybridized carbons (Fsp3) is 0.700. The zero-order valence-corrected chi connectivity index (χ0v) is 15.9. The van der Waals surface area contributed by atoms with E-state index in [0.717, 1.165) is 42.2 Å². The Morgan fingerprint density at radius 3 is 2.76 bits per heavy atom. The molecule has 1 heterocycles. The summed E-state index contributed by atoms with van der Waals surface area (Å²) in [5.74, 6) is 1.89. The standard InChI is InChI=1S/C20H27NO3S/c1-3-24-20(23)17-14-7-4-11(2)8-16(14)25-19(17)21-18(22)15-10-12-5-6-13(15)9-12/h11-13,15H,3-10H2,1-2H3,(H,21,22)/t11-,12-,13-,15+/m0/s1. The number of rotatable bonds is 4. The number of anilines is 1. The fourth-order valence-electron chi connectivity index (χ4n) is 5.03. The number of carbonyl (C=O) groups excluding carboxylic acids is 2. The number of ether oxygens (including phenoxy) is 1. The van der Waals surface area contributed by atoms with Gasteiger partial charge in [0.25, 0.3) is 0 Å². The second kappa shape index (κ2) is 6.75. The highest BCUT2D eigenvalue weighted by molar-refractivity contribution is 7.17. The molecule has 0 unspecified atom stereocenters. The first kappa shape index (κ1) is 17.1. The third kappa shape index (κ3) is 3.12. The van der Waals surface area contributed by atoms with E-state index < -0.39 is 0 Å². The van der Waals surface area contributed by atoms with E-state index in [4.69, 9.17) is 4.74 Å². The predicted molar refractivity (Wildman–Crippen MR) is 99.0 cm³/mol. The highest BCUT2D eigenvalue weighted by Gasteiger charge is 2.43. The summed E-state index contributed by atoms with van der Waals surface area (Å²) in [4.78, 5) is 26.7. The van der Waals surface area contributed by atoms with Crippen molar-refractivity contribution < 1.29 is 14.3 Å². The van der Waals surface area contributed by atoms with Crippen LogP contribution < -0.4 is 5.32 Å². The minimum atomic E-state index is -0.280. The number of esters is 1. The lowest BCUT2D eigenvalue weighted by atomic mass is 9.87. The van der Waals surface area contributed by atoms with Crippen molar-refractivity contribution in [3.05, 3.63) is 16.0 Å². The van der Waals surface area contributed by atoms with Gasteiger partial charge in [-0.3, -0.25) is 4.79 Å². The molecule has 1 amide bonds. The first-order valence-electron chi connectivity index (χ1n) is 9.69. The molecule has 4 atom stereocenters. The van der Waals surface area contributed by atoms with Gasteiger partial charge in [-0.15, -0.1) is 11.3 Å². The normalized spacial score (nSPS) is 30.2. The minimum absolute atomic E-state index is 0.115. The van der Waals surface area contributed by atoms with Crippen LogP contribution in [0.25, 0.3) is 0 Å². The molecule has 1 aromatic rings. The molecule has 1 aromatic heterocycles. The number of hydrogen-bond donors (Lipinski definition) is 1. The molecule has 3 aliphatic rings. The van der Waals surface area contributed by atoms with E-state index in [-0.39, 0.29) is 17.8 Å². The minimum Gasteiger partial charge on any atom is -0.462 e. The molecular formula is C20H27NO3S. The van der Waals surface area contributed by atoms with Crippen LogP contribution in [-0.2, 0) is 22.4 Å². The molecular weight excluding hydrogens is 334 g/mol. The Kier molecular flexibility index (Phi) is 4.61. The van der Waals surface area contributed by atoms with E-state index in [1.54, 1.807) is 11.3 Å². The van der Waals surface area contributed by atoms with Crippen LogP contribution in [0.15, 0.2) is 0 Å². The topological polar surface area (TPSA) is 55.4 Å². The number of carbonyl (C=O) groups is 2. The van der Waals surface area contributed by atoms with Gasteiger partial charge >= 0.3 is 5.97 Å². The molecule has 4 nitrogen and oxygen atoms in total. The van der Waals surface area contributed by atoms with Crippen molar-refractivity contribution in [1.82, 2.24) is 0 Å². The molecule has 136 valence electrons. The number of fused-ring (bicyclic) bond motifs is 3. The van der Waals surface area contributed by atoms with Crippen molar-refractivity contribution in [2.45, 2.75) is 58.8 Å². The Hall–Kier alpha value is -1.36. The van der Waals surface area contributed by atoms with Crippen molar-refractivity contribution in [2.24, 2.45) is 23.7 Å².